The van der Waals surface area contributed by atoms with Gasteiger partial charge in [-0.1, -0.05) is 18.2 Å². The van der Waals surface area contributed by atoms with Gasteiger partial charge in [-0.05, 0) is 62.1 Å². The Bertz CT molecular complexity index is 1280. The summed E-state index contributed by atoms with van der Waals surface area (Å²) in [6.45, 7) is 2.68. The summed E-state index contributed by atoms with van der Waals surface area (Å²) in [5.74, 6) is 0.340. The number of amides is 1. The summed E-state index contributed by atoms with van der Waals surface area (Å²) in [5.41, 5.74) is 4.82. The molecule has 2 N–H and O–H groups in total. The highest BCUT2D eigenvalue weighted by Gasteiger charge is 2.31. The van der Waals surface area contributed by atoms with Crippen molar-refractivity contribution < 1.29 is 9.18 Å². The lowest BCUT2D eigenvalue weighted by molar-refractivity contribution is -0.132. The molecule has 0 bridgehead atoms. The number of hydrogen-bond acceptors (Lipinski definition) is 4. The molecule has 1 fully saturated rings. The number of halogens is 1. The number of H-pyrrole nitrogens is 1. The van der Waals surface area contributed by atoms with Crippen molar-refractivity contribution in [2.75, 3.05) is 11.9 Å². The molecule has 0 radical (unpaired) electrons. The molecule has 4 aromatic rings. The zero-order valence-electron chi connectivity index (χ0n) is 18.5. The number of pyridine rings is 2. The van der Waals surface area contributed by atoms with E-state index in [1.165, 1.54) is 23.2 Å². The summed E-state index contributed by atoms with van der Waals surface area (Å²) in [5, 5.41) is 4.39. The summed E-state index contributed by atoms with van der Waals surface area (Å²) in [4.78, 5) is 27.2. The zero-order chi connectivity index (χ0) is 22.8. The number of likely N-dealkylation sites (tertiary alicyclic amines) is 1. The third-order valence-electron chi connectivity index (χ3n) is 6.17. The van der Waals surface area contributed by atoms with E-state index < -0.39 is 0 Å². The molecule has 0 spiro atoms. The number of rotatable bonds is 6. The number of para-hydroxylation sites is 1. The molecule has 1 aliphatic rings. The molecule has 5 rings (SSSR count). The number of carbonyl (C=O) groups is 1. The van der Waals surface area contributed by atoms with E-state index in [0.717, 1.165) is 42.0 Å². The van der Waals surface area contributed by atoms with Crippen LogP contribution in [0, 0.1) is 12.7 Å². The summed E-state index contributed by atoms with van der Waals surface area (Å²) in [6, 6.07) is 15.0. The largest absolute Gasteiger partial charge is 0.361 e. The van der Waals surface area contributed by atoms with Crippen molar-refractivity contribution >= 4 is 28.3 Å². The number of fused-ring (bicyclic) bond motifs is 1. The van der Waals surface area contributed by atoms with Crippen LogP contribution < -0.4 is 5.32 Å². The van der Waals surface area contributed by atoms with Crippen LogP contribution >= 0.6 is 0 Å². The van der Waals surface area contributed by atoms with Gasteiger partial charge in [0, 0.05) is 41.4 Å². The number of hydrogen-bond donors (Lipinski definition) is 2. The number of aromatic nitrogens is 3. The van der Waals surface area contributed by atoms with E-state index in [4.69, 9.17) is 4.98 Å². The second-order valence-electron chi connectivity index (χ2n) is 8.51. The molecule has 0 saturated carbocycles. The van der Waals surface area contributed by atoms with E-state index in [2.05, 4.69) is 21.4 Å². The Morgan fingerprint density at radius 2 is 2.12 bits per heavy atom. The zero-order valence-corrected chi connectivity index (χ0v) is 18.5. The number of nitrogens with one attached hydrogen (secondary N) is 2. The average Bonchev–Trinajstić information content (AvgIpc) is 3.46. The van der Waals surface area contributed by atoms with E-state index in [0.29, 0.717) is 18.7 Å². The van der Waals surface area contributed by atoms with Crippen molar-refractivity contribution in [3.63, 3.8) is 0 Å². The first-order valence-electron chi connectivity index (χ1n) is 11.3. The number of anilines is 2. The number of benzene rings is 1. The summed E-state index contributed by atoms with van der Waals surface area (Å²) in [7, 11) is 0. The number of carbonyl (C=O) groups excluding carboxylic acids is 1. The first-order valence-corrected chi connectivity index (χ1v) is 11.3. The normalized spacial score (nSPS) is 15.8. The Kier molecular flexibility index (Phi) is 5.77. The number of aromatic amines is 1. The summed E-state index contributed by atoms with van der Waals surface area (Å²) < 4.78 is 13.2. The van der Waals surface area contributed by atoms with Crippen LogP contribution in [0.5, 0.6) is 0 Å². The van der Waals surface area contributed by atoms with Crippen LogP contribution in [0.4, 0.5) is 15.9 Å². The van der Waals surface area contributed by atoms with Crippen molar-refractivity contribution in [2.24, 2.45) is 0 Å². The van der Waals surface area contributed by atoms with E-state index in [-0.39, 0.29) is 17.8 Å². The van der Waals surface area contributed by atoms with Crippen molar-refractivity contribution in [2.45, 2.75) is 38.6 Å². The van der Waals surface area contributed by atoms with Crippen LogP contribution in [-0.2, 0) is 11.2 Å². The lowest BCUT2D eigenvalue weighted by Crippen LogP contribution is -2.31. The molecule has 6 nitrogen and oxygen atoms in total. The quantitative estimate of drug-likeness (QED) is 0.416. The maximum atomic E-state index is 13.2. The van der Waals surface area contributed by atoms with Crippen LogP contribution in [0.15, 0.2) is 60.9 Å². The van der Waals surface area contributed by atoms with Gasteiger partial charge in [-0.15, -0.1) is 0 Å². The molecule has 3 aromatic heterocycles. The third-order valence-corrected chi connectivity index (χ3v) is 6.17. The molecule has 168 valence electrons. The van der Waals surface area contributed by atoms with E-state index >= 15 is 0 Å². The van der Waals surface area contributed by atoms with Gasteiger partial charge in [0.15, 0.2) is 0 Å². The minimum atomic E-state index is -0.375. The minimum absolute atomic E-state index is 0.0397. The van der Waals surface area contributed by atoms with Crippen molar-refractivity contribution in [1.29, 1.82) is 0 Å². The summed E-state index contributed by atoms with van der Waals surface area (Å²) >= 11 is 0. The second kappa shape index (κ2) is 9.02. The van der Waals surface area contributed by atoms with Gasteiger partial charge in [0.05, 0.1) is 17.9 Å². The first kappa shape index (κ1) is 21.1. The maximum absolute atomic E-state index is 13.2. The Labute approximate surface area is 191 Å². The Balaban J connectivity index is 1.30. The lowest BCUT2D eigenvalue weighted by Gasteiger charge is -2.25. The average molecular weight is 444 g/mol. The molecule has 1 aromatic carbocycles. The molecule has 0 aliphatic carbocycles. The molecular weight excluding hydrogens is 417 g/mol. The number of aryl methyl sites for hydroxylation is 2. The highest BCUT2D eigenvalue weighted by atomic mass is 19.1. The SMILES string of the molecule is Cc1cc(Nc2ccc(F)cn2)cc([C@@H]2CCCN2C(=O)CCc2c[nH]c3ccccc23)n1. The van der Waals surface area contributed by atoms with Crippen LogP contribution in [0.25, 0.3) is 10.9 Å². The maximum Gasteiger partial charge on any atom is 0.223 e. The van der Waals surface area contributed by atoms with Gasteiger partial charge in [0.25, 0.3) is 0 Å². The Morgan fingerprint density at radius 3 is 2.97 bits per heavy atom. The van der Waals surface area contributed by atoms with Gasteiger partial charge < -0.3 is 15.2 Å². The van der Waals surface area contributed by atoms with Gasteiger partial charge in [0.2, 0.25) is 5.91 Å². The third kappa shape index (κ3) is 4.58. The fraction of sp³-hybridized carbons (Fsp3) is 0.269. The smallest absolute Gasteiger partial charge is 0.223 e. The monoisotopic (exact) mass is 443 g/mol. The van der Waals surface area contributed by atoms with Crippen LogP contribution in [0.3, 0.4) is 0 Å². The molecule has 1 saturated heterocycles. The molecule has 0 unspecified atom stereocenters. The Morgan fingerprint density at radius 1 is 1.24 bits per heavy atom. The highest BCUT2D eigenvalue weighted by Crippen LogP contribution is 2.33. The Hall–Kier alpha value is -3.74. The fourth-order valence-electron chi connectivity index (χ4n) is 4.63. The molecule has 1 atom stereocenters. The van der Waals surface area contributed by atoms with Gasteiger partial charge in [-0.2, -0.15) is 0 Å². The highest BCUT2D eigenvalue weighted by molar-refractivity contribution is 5.84. The number of nitrogens with zero attached hydrogens (tertiary/aromatic N) is 3. The van der Waals surface area contributed by atoms with Gasteiger partial charge >= 0.3 is 0 Å². The van der Waals surface area contributed by atoms with Gasteiger partial charge in [-0.25, -0.2) is 9.37 Å². The van der Waals surface area contributed by atoms with Crippen molar-refractivity contribution in [1.82, 2.24) is 19.9 Å². The minimum Gasteiger partial charge on any atom is -0.361 e. The molecule has 4 heterocycles. The van der Waals surface area contributed by atoms with E-state index in [1.807, 2.05) is 48.4 Å². The fourth-order valence-corrected chi connectivity index (χ4v) is 4.63. The van der Waals surface area contributed by atoms with E-state index in [1.54, 1.807) is 6.07 Å². The predicted octanol–water partition coefficient (Wildman–Crippen LogP) is 5.45. The topological polar surface area (TPSA) is 73.9 Å². The standard InChI is InChI=1S/C26H26FN5O/c1-17-13-20(31-25-10-9-19(27)16-29-25)14-23(30-17)24-7-4-12-32(24)26(33)11-8-18-15-28-22-6-3-2-5-21(18)22/h2-3,5-6,9-10,13-16,24,28H,4,7-8,11-12H2,1H3,(H,29,30,31)/t24-/m0/s1. The lowest BCUT2D eigenvalue weighted by atomic mass is 10.1. The molecule has 1 aliphatic heterocycles. The van der Waals surface area contributed by atoms with Crippen LogP contribution in [-0.4, -0.2) is 32.3 Å². The molecule has 33 heavy (non-hydrogen) atoms. The van der Waals surface area contributed by atoms with E-state index in [9.17, 15) is 9.18 Å². The first-order chi connectivity index (χ1) is 16.1. The molecule has 7 heteroatoms. The van der Waals surface area contributed by atoms with Gasteiger partial charge in [-0.3, -0.25) is 9.78 Å². The van der Waals surface area contributed by atoms with Crippen molar-refractivity contribution in [3.05, 3.63) is 83.7 Å². The van der Waals surface area contributed by atoms with Gasteiger partial charge in [0.1, 0.15) is 11.6 Å². The second-order valence-corrected chi connectivity index (χ2v) is 8.51. The summed E-state index contributed by atoms with van der Waals surface area (Å²) in [6.07, 6.45) is 6.21. The van der Waals surface area contributed by atoms with Crippen LogP contribution in [0.1, 0.15) is 42.3 Å². The predicted molar refractivity (Wildman–Crippen MR) is 127 cm³/mol. The van der Waals surface area contributed by atoms with Crippen LogP contribution in [0.2, 0.25) is 0 Å². The van der Waals surface area contributed by atoms with Crippen molar-refractivity contribution in [3.8, 4) is 0 Å². The molecular formula is C26H26FN5O. The molecule has 1 amide bonds.